The Bertz CT molecular complexity index is 668. The van der Waals surface area contributed by atoms with E-state index in [2.05, 4.69) is 17.2 Å². The normalized spacial score (nSPS) is 22.0. The standard InChI is InChI=1S/C16H21N3O2/c1-2-14-12(6-8-21-14)10-17-11-13-9-16(20)19-7-4-3-5-15(19)18-13/h3-5,7,9,12,14,17H,2,6,8,10-11H2,1H3. The van der Waals surface area contributed by atoms with Crippen molar-refractivity contribution >= 4 is 5.65 Å². The fourth-order valence-corrected chi connectivity index (χ4v) is 2.96. The molecule has 2 aromatic heterocycles. The predicted octanol–water partition coefficient (Wildman–Crippen LogP) is 1.60. The second-order valence-corrected chi connectivity index (χ2v) is 5.51. The zero-order valence-electron chi connectivity index (χ0n) is 12.3. The van der Waals surface area contributed by atoms with E-state index >= 15 is 0 Å². The molecule has 0 aliphatic carbocycles. The summed E-state index contributed by atoms with van der Waals surface area (Å²) < 4.78 is 7.24. The van der Waals surface area contributed by atoms with Crippen LogP contribution in [0.25, 0.3) is 5.65 Å². The van der Waals surface area contributed by atoms with E-state index in [0.717, 1.165) is 31.7 Å². The minimum absolute atomic E-state index is 0.0342. The van der Waals surface area contributed by atoms with Crippen molar-refractivity contribution in [2.75, 3.05) is 13.2 Å². The number of pyridine rings is 1. The average molecular weight is 287 g/mol. The Hall–Kier alpha value is -1.72. The van der Waals surface area contributed by atoms with Gasteiger partial charge in [0.1, 0.15) is 5.65 Å². The molecule has 1 saturated heterocycles. The predicted molar refractivity (Wildman–Crippen MR) is 81.3 cm³/mol. The van der Waals surface area contributed by atoms with Gasteiger partial charge in [0.15, 0.2) is 0 Å². The molecule has 1 fully saturated rings. The molecule has 2 unspecified atom stereocenters. The summed E-state index contributed by atoms with van der Waals surface area (Å²) in [6, 6.07) is 7.17. The Kier molecular flexibility index (Phi) is 4.31. The maximum Gasteiger partial charge on any atom is 0.258 e. The smallest absolute Gasteiger partial charge is 0.258 e. The summed E-state index contributed by atoms with van der Waals surface area (Å²) in [5.41, 5.74) is 1.45. The van der Waals surface area contributed by atoms with Gasteiger partial charge in [-0.05, 0) is 30.9 Å². The van der Waals surface area contributed by atoms with Gasteiger partial charge in [-0.2, -0.15) is 0 Å². The molecule has 1 aliphatic heterocycles. The van der Waals surface area contributed by atoms with E-state index in [9.17, 15) is 4.79 Å². The van der Waals surface area contributed by atoms with Crippen LogP contribution in [0.2, 0.25) is 0 Å². The topological polar surface area (TPSA) is 55.6 Å². The first-order valence-electron chi connectivity index (χ1n) is 7.57. The van der Waals surface area contributed by atoms with E-state index < -0.39 is 0 Å². The van der Waals surface area contributed by atoms with Crippen LogP contribution in [0, 0.1) is 5.92 Å². The Labute approximate surface area is 124 Å². The number of nitrogens with zero attached hydrogens (tertiary/aromatic N) is 2. The number of nitrogens with one attached hydrogen (secondary N) is 1. The fraction of sp³-hybridized carbons (Fsp3) is 0.500. The summed E-state index contributed by atoms with van der Waals surface area (Å²) in [5, 5.41) is 3.41. The maximum atomic E-state index is 12.0. The van der Waals surface area contributed by atoms with Crippen LogP contribution in [0.5, 0.6) is 0 Å². The first kappa shape index (κ1) is 14.2. The summed E-state index contributed by atoms with van der Waals surface area (Å²) in [6.45, 7) is 4.55. The molecule has 5 heteroatoms. The number of fused-ring (bicyclic) bond motifs is 1. The first-order valence-corrected chi connectivity index (χ1v) is 7.57. The van der Waals surface area contributed by atoms with Crippen LogP contribution in [0.4, 0.5) is 0 Å². The number of ether oxygens (including phenoxy) is 1. The Morgan fingerprint density at radius 1 is 1.48 bits per heavy atom. The molecule has 0 amide bonds. The SMILES string of the molecule is CCC1OCCC1CNCc1cc(=O)n2ccccc2n1. The molecular weight excluding hydrogens is 266 g/mol. The summed E-state index contributed by atoms with van der Waals surface area (Å²) in [4.78, 5) is 16.5. The highest BCUT2D eigenvalue weighted by Crippen LogP contribution is 2.22. The van der Waals surface area contributed by atoms with Crippen LogP contribution in [-0.2, 0) is 11.3 Å². The van der Waals surface area contributed by atoms with E-state index in [-0.39, 0.29) is 5.56 Å². The van der Waals surface area contributed by atoms with Crippen molar-refractivity contribution in [1.29, 1.82) is 0 Å². The largest absolute Gasteiger partial charge is 0.378 e. The van der Waals surface area contributed by atoms with Gasteiger partial charge in [-0.15, -0.1) is 0 Å². The van der Waals surface area contributed by atoms with Gasteiger partial charge < -0.3 is 10.1 Å². The van der Waals surface area contributed by atoms with Crippen molar-refractivity contribution in [3.05, 3.63) is 46.5 Å². The van der Waals surface area contributed by atoms with E-state index in [1.807, 2.05) is 18.2 Å². The summed E-state index contributed by atoms with van der Waals surface area (Å²) in [7, 11) is 0. The monoisotopic (exact) mass is 287 g/mol. The Balaban J connectivity index is 1.64. The molecule has 21 heavy (non-hydrogen) atoms. The van der Waals surface area contributed by atoms with Crippen molar-refractivity contribution in [3.8, 4) is 0 Å². The third-order valence-corrected chi connectivity index (χ3v) is 4.09. The average Bonchev–Trinajstić information content (AvgIpc) is 2.95. The molecule has 0 radical (unpaired) electrons. The molecule has 112 valence electrons. The number of hydrogen-bond acceptors (Lipinski definition) is 4. The van der Waals surface area contributed by atoms with Gasteiger partial charge in [-0.25, -0.2) is 4.98 Å². The molecule has 1 aliphatic rings. The van der Waals surface area contributed by atoms with Crippen molar-refractivity contribution < 1.29 is 4.74 Å². The highest BCUT2D eigenvalue weighted by atomic mass is 16.5. The molecule has 1 N–H and O–H groups in total. The lowest BCUT2D eigenvalue weighted by atomic mass is 10.00. The minimum Gasteiger partial charge on any atom is -0.378 e. The Morgan fingerprint density at radius 2 is 2.38 bits per heavy atom. The number of aromatic nitrogens is 2. The van der Waals surface area contributed by atoms with Gasteiger partial charge >= 0.3 is 0 Å². The quantitative estimate of drug-likeness (QED) is 0.907. The van der Waals surface area contributed by atoms with E-state index in [4.69, 9.17) is 4.74 Å². The summed E-state index contributed by atoms with van der Waals surface area (Å²) in [6.07, 6.45) is 4.28. The van der Waals surface area contributed by atoms with Crippen LogP contribution < -0.4 is 10.9 Å². The van der Waals surface area contributed by atoms with E-state index in [1.165, 1.54) is 0 Å². The maximum absolute atomic E-state index is 12.0. The minimum atomic E-state index is -0.0342. The molecule has 2 aromatic rings. The second-order valence-electron chi connectivity index (χ2n) is 5.51. The van der Waals surface area contributed by atoms with Gasteiger partial charge in [-0.3, -0.25) is 9.20 Å². The molecule has 5 nitrogen and oxygen atoms in total. The molecule has 2 atom stereocenters. The van der Waals surface area contributed by atoms with Crippen molar-refractivity contribution in [2.45, 2.75) is 32.4 Å². The van der Waals surface area contributed by atoms with Crippen LogP contribution in [0.1, 0.15) is 25.5 Å². The molecule has 3 heterocycles. The molecule has 0 bridgehead atoms. The van der Waals surface area contributed by atoms with Crippen molar-refractivity contribution in [3.63, 3.8) is 0 Å². The summed E-state index contributed by atoms with van der Waals surface area (Å²) >= 11 is 0. The molecule has 0 spiro atoms. The van der Waals surface area contributed by atoms with Gasteiger partial charge in [0.25, 0.3) is 5.56 Å². The van der Waals surface area contributed by atoms with Crippen molar-refractivity contribution in [1.82, 2.24) is 14.7 Å². The molecule has 0 saturated carbocycles. The molecule has 0 aromatic carbocycles. The number of hydrogen-bond donors (Lipinski definition) is 1. The van der Waals surface area contributed by atoms with Crippen LogP contribution in [0.15, 0.2) is 35.3 Å². The lowest BCUT2D eigenvalue weighted by molar-refractivity contribution is 0.0872. The van der Waals surface area contributed by atoms with E-state index in [1.54, 1.807) is 16.7 Å². The highest BCUT2D eigenvalue weighted by Gasteiger charge is 2.25. The summed E-state index contributed by atoms with van der Waals surface area (Å²) in [5.74, 6) is 0.566. The third-order valence-electron chi connectivity index (χ3n) is 4.09. The Morgan fingerprint density at radius 3 is 3.24 bits per heavy atom. The second kappa shape index (κ2) is 6.37. The highest BCUT2D eigenvalue weighted by molar-refractivity contribution is 5.37. The van der Waals surface area contributed by atoms with Gasteiger partial charge in [0.2, 0.25) is 0 Å². The van der Waals surface area contributed by atoms with E-state index in [0.29, 0.717) is 24.2 Å². The molecular formula is C16H21N3O2. The first-order chi connectivity index (χ1) is 10.3. The third kappa shape index (κ3) is 3.14. The lowest BCUT2D eigenvalue weighted by Gasteiger charge is -2.17. The molecule has 3 rings (SSSR count). The van der Waals surface area contributed by atoms with Gasteiger partial charge in [-0.1, -0.05) is 13.0 Å². The van der Waals surface area contributed by atoms with Crippen LogP contribution in [-0.4, -0.2) is 28.6 Å². The lowest BCUT2D eigenvalue weighted by Crippen LogP contribution is -2.28. The van der Waals surface area contributed by atoms with Gasteiger partial charge in [0, 0.05) is 32.0 Å². The van der Waals surface area contributed by atoms with Crippen LogP contribution >= 0.6 is 0 Å². The number of rotatable bonds is 5. The zero-order valence-corrected chi connectivity index (χ0v) is 12.3. The zero-order chi connectivity index (χ0) is 14.7. The van der Waals surface area contributed by atoms with Gasteiger partial charge in [0.05, 0.1) is 11.8 Å². The fourth-order valence-electron chi connectivity index (χ4n) is 2.96. The van der Waals surface area contributed by atoms with Crippen LogP contribution in [0.3, 0.4) is 0 Å². The van der Waals surface area contributed by atoms with Crippen molar-refractivity contribution in [2.24, 2.45) is 5.92 Å².